The number of hydrogen-bond donors (Lipinski definition) is 2. The molecule has 2 N–H and O–H groups in total. The van der Waals surface area contributed by atoms with Crippen LogP contribution in [0.5, 0.6) is 5.75 Å². The first-order chi connectivity index (χ1) is 7.75. The Labute approximate surface area is 92.5 Å². The third-order valence-corrected chi connectivity index (χ3v) is 3.06. The maximum atomic E-state index is 11.1. The Morgan fingerprint density at radius 3 is 3.06 bits per heavy atom. The van der Waals surface area contributed by atoms with Crippen molar-refractivity contribution in [2.45, 2.75) is 18.6 Å². The number of rotatable bonds is 1. The number of ether oxygens (including phenoxy) is 1. The number of para-hydroxylation sites is 1. The molecule has 0 fully saturated rings. The molecule has 0 amide bonds. The summed E-state index contributed by atoms with van der Waals surface area (Å²) in [6.45, 7) is 0. The molecule has 0 saturated carbocycles. The average molecular weight is 217 g/mol. The quantitative estimate of drug-likeness (QED) is 0.747. The van der Waals surface area contributed by atoms with Crippen LogP contribution in [0.25, 0.3) is 0 Å². The highest BCUT2D eigenvalue weighted by atomic mass is 16.5. The van der Waals surface area contributed by atoms with Crippen molar-refractivity contribution < 1.29 is 14.6 Å². The van der Waals surface area contributed by atoms with Crippen LogP contribution in [-0.4, -0.2) is 17.3 Å². The van der Waals surface area contributed by atoms with Gasteiger partial charge in [-0.3, -0.25) is 0 Å². The highest BCUT2D eigenvalue weighted by Gasteiger charge is 2.35. The molecule has 4 nitrogen and oxygen atoms in total. The minimum absolute atomic E-state index is 0.0614. The van der Waals surface area contributed by atoms with Gasteiger partial charge in [0, 0.05) is 24.1 Å². The molecule has 2 unspecified atom stereocenters. The Hall–Kier alpha value is -1.97. The molecule has 2 aliphatic rings. The second-order valence-corrected chi connectivity index (χ2v) is 4.00. The first-order valence-corrected chi connectivity index (χ1v) is 5.20. The van der Waals surface area contributed by atoms with E-state index in [1.807, 2.05) is 24.3 Å². The van der Waals surface area contributed by atoms with Crippen LogP contribution in [0, 0.1) is 0 Å². The molecule has 2 bridgehead atoms. The van der Waals surface area contributed by atoms with Crippen molar-refractivity contribution in [1.82, 2.24) is 5.32 Å². The molecule has 82 valence electrons. The molecule has 2 aliphatic heterocycles. The number of carboxylic acids is 1. The SMILES string of the molecule is O=C(O)C1=CNC2CC1c1ccccc1O2. The lowest BCUT2D eigenvalue weighted by Gasteiger charge is -2.36. The number of hydrogen-bond acceptors (Lipinski definition) is 3. The van der Waals surface area contributed by atoms with E-state index < -0.39 is 5.97 Å². The maximum absolute atomic E-state index is 11.1. The zero-order valence-corrected chi connectivity index (χ0v) is 8.51. The van der Waals surface area contributed by atoms with Gasteiger partial charge in [-0.1, -0.05) is 18.2 Å². The van der Waals surface area contributed by atoms with Crippen molar-refractivity contribution in [1.29, 1.82) is 0 Å². The average Bonchev–Trinajstić information content (AvgIpc) is 2.29. The Bertz CT molecular complexity index is 481. The monoisotopic (exact) mass is 217 g/mol. The maximum Gasteiger partial charge on any atom is 0.333 e. The predicted octanol–water partition coefficient (Wildman–Crippen LogP) is 1.45. The zero-order chi connectivity index (χ0) is 11.1. The molecule has 2 heterocycles. The lowest BCUT2D eigenvalue weighted by Crippen LogP contribution is -2.41. The van der Waals surface area contributed by atoms with Crippen LogP contribution in [0.4, 0.5) is 0 Å². The molecular weight excluding hydrogens is 206 g/mol. The number of aliphatic carboxylic acids is 1. The normalized spacial score (nSPS) is 25.9. The van der Waals surface area contributed by atoms with E-state index in [-0.39, 0.29) is 12.1 Å². The minimum Gasteiger partial charge on any atom is -0.478 e. The number of nitrogens with one attached hydrogen (secondary N) is 1. The van der Waals surface area contributed by atoms with Crippen molar-refractivity contribution in [3.63, 3.8) is 0 Å². The molecular formula is C12H11NO3. The van der Waals surface area contributed by atoms with Gasteiger partial charge in [-0.2, -0.15) is 0 Å². The van der Waals surface area contributed by atoms with Crippen molar-refractivity contribution >= 4 is 5.97 Å². The van der Waals surface area contributed by atoms with E-state index >= 15 is 0 Å². The van der Waals surface area contributed by atoms with Crippen LogP contribution < -0.4 is 10.1 Å². The zero-order valence-electron chi connectivity index (χ0n) is 8.51. The summed E-state index contributed by atoms with van der Waals surface area (Å²) in [6, 6.07) is 7.60. The summed E-state index contributed by atoms with van der Waals surface area (Å²) >= 11 is 0. The lowest BCUT2D eigenvalue weighted by molar-refractivity contribution is -0.133. The summed E-state index contributed by atoms with van der Waals surface area (Å²) < 4.78 is 5.68. The lowest BCUT2D eigenvalue weighted by atomic mass is 9.84. The molecule has 1 aromatic rings. The van der Waals surface area contributed by atoms with Crippen LogP contribution in [0.15, 0.2) is 36.0 Å². The summed E-state index contributed by atoms with van der Waals surface area (Å²) in [6.07, 6.45) is 2.12. The molecule has 0 saturated heterocycles. The van der Waals surface area contributed by atoms with E-state index in [9.17, 15) is 4.79 Å². The van der Waals surface area contributed by atoms with Gasteiger partial charge in [0.1, 0.15) is 5.75 Å². The number of benzene rings is 1. The minimum atomic E-state index is -0.868. The van der Waals surface area contributed by atoms with E-state index in [2.05, 4.69) is 5.32 Å². The van der Waals surface area contributed by atoms with Crippen LogP contribution in [0.1, 0.15) is 17.9 Å². The third-order valence-electron chi connectivity index (χ3n) is 3.06. The van der Waals surface area contributed by atoms with Crippen LogP contribution in [-0.2, 0) is 4.79 Å². The molecule has 2 atom stereocenters. The molecule has 0 aromatic heterocycles. The van der Waals surface area contributed by atoms with Gasteiger partial charge in [-0.15, -0.1) is 0 Å². The van der Waals surface area contributed by atoms with Gasteiger partial charge >= 0.3 is 5.97 Å². The van der Waals surface area contributed by atoms with Crippen molar-refractivity contribution in [3.8, 4) is 5.75 Å². The molecule has 0 spiro atoms. The topological polar surface area (TPSA) is 58.6 Å². The van der Waals surface area contributed by atoms with E-state index in [4.69, 9.17) is 9.84 Å². The van der Waals surface area contributed by atoms with E-state index in [0.29, 0.717) is 12.0 Å². The van der Waals surface area contributed by atoms with Gasteiger partial charge in [-0.25, -0.2) is 4.79 Å². The van der Waals surface area contributed by atoms with Crippen molar-refractivity contribution in [3.05, 3.63) is 41.6 Å². The van der Waals surface area contributed by atoms with Crippen LogP contribution in [0.2, 0.25) is 0 Å². The molecule has 16 heavy (non-hydrogen) atoms. The fraction of sp³-hybridized carbons (Fsp3) is 0.250. The second-order valence-electron chi connectivity index (χ2n) is 4.00. The number of fused-ring (bicyclic) bond motifs is 4. The number of carboxylic acid groups (broad SMARTS) is 1. The Morgan fingerprint density at radius 1 is 1.44 bits per heavy atom. The van der Waals surface area contributed by atoms with E-state index in [0.717, 1.165) is 11.3 Å². The van der Waals surface area contributed by atoms with E-state index in [1.165, 1.54) is 0 Å². The summed E-state index contributed by atoms with van der Waals surface area (Å²) in [7, 11) is 0. The third kappa shape index (κ3) is 1.26. The molecule has 0 aliphatic carbocycles. The van der Waals surface area contributed by atoms with Gasteiger partial charge in [-0.05, 0) is 6.07 Å². The largest absolute Gasteiger partial charge is 0.478 e. The highest BCUT2D eigenvalue weighted by molar-refractivity contribution is 5.89. The second kappa shape index (κ2) is 3.27. The van der Waals surface area contributed by atoms with Crippen molar-refractivity contribution in [2.75, 3.05) is 0 Å². The Balaban J connectivity index is 2.11. The fourth-order valence-corrected chi connectivity index (χ4v) is 2.31. The summed E-state index contributed by atoms with van der Waals surface area (Å²) in [5.74, 6) is -0.149. The van der Waals surface area contributed by atoms with Crippen LogP contribution >= 0.6 is 0 Å². The van der Waals surface area contributed by atoms with Gasteiger partial charge in [0.25, 0.3) is 0 Å². The number of carbonyl (C=O) groups is 1. The van der Waals surface area contributed by atoms with Gasteiger partial charge in [0.15, 0.2) is 6.23 Å². The Kier molecular flexibility index (Phi) is 1.89. The predicted molar refractivity (Wildman–Crippen MR) is 57.1 cm³/mol. The summed E-state index contributed by atoms with van der Waals surface area (Å²) in [4.78, 5) is 11.1. The summed E-state index contributed by atoms with van der Waals surface area (Å²) in [5, 5.41) is 12.1. The fourth-order valence-electron chi connectivity index (χ4n) is 2.31. The van der Waals surface area contributed by atoms with Gasteiger partial charge in [0.05, 0.1) is 5.57 Å². The van der Waals surface area contributed by atoms with E-state index in [1.54, 1.807) is 6.20 Å². The first kappa shape index (κ1) is 9.27. The Morgan fingerprint density at radius 2 is 2.25 bits per heavy atom. The molecule has 1 aromatic carbocycles. The smallest absolute Gasteiger partial charge is 0.333 e. The van der Waals surface area contributed by atoms with Gasteiger partial charge < -0.3 is 15.2 Å². The van der Waals surface area contributed by atoms with Gasteiger partial charge in [0.2, 0.25) is 0 Å². The standard InChI is InChI=1S/C12H11NO3/c14-12(15)9-6-13-11-5-8(9)7-3-1-2-4-10(7)16-11/h1-4,6,8,11,13H,5H2,(H,14,15). The van der Waals surface area contributed by atoms with Crippen molar-refractivity contribution in [2.24, 2.45) is 0 Å². The first-order valence-electron chi connectivity index (χ1n) is 5.20. The molecule has 4 heteroatoms. The molecule has 0 radical (unpaired) electrons. The highest BCUT2D eigenvalue weighted by Crippen LogP contribution is 2.41. The summed E-state index contributed by atoms with van der Waals surface area (Å²) in [5.41, 5.74) is 1.38. The van der Waals surface area contributed by atoms with Crippen LogP contribution in [0.3, 0.4) is 0 Å². The molecule has 3 rings (SSSR count).